The lowest BCUT2D eigenvalue weighted by molar-refractivity contribution is -0.121. The minimum atomic E-state index is -0.297. The third kappa shape index (κ3) is 3.77. The second-order valence-corrected chi connectivity index (χ2v) is 6.21. The SMILES string of the molecule is CCCCN1C(=O)COc2ccc(NC(=O)c3ccccc3Cl)cc21. The first-order valence-corrected chi connectivity index (χ1v) is 8.61. The number of hydrogen-bond donors (Lipinski definition) is 1. The van der Waals surface area contributed by atoms with Gasteiger partial charge in [-0.1, -0.05) is 37.1 Å². The molecule has 0 spiro atoms. The molecular formula is C19H19ClN2O3. The van der Waals surface area contributed by atoms with Crippen molar-refractivity contribution in [2.24, 2.45) is 0 Å². The van der Waals surface area contributed by atoms with E-state index in [1.807, 2.05) is 0 Å². The van der Waals surface area contributed by atoms with Gasteiger partial charge in [0, 0.05) is 12.2 Å². The average molecular weight is 359 g/mol. The molecule has 0 aromatic heterocycles. The van der Waals surface area contributed by atoms with Crippen molar-refractivity contribution in [2.45, 2.75) is 19.8 Å². The smallest absolute Gasteiger partial charge is 0.265 e. The second kappa shape index (κ2) is 7.57. The monoisotopic (exact) mass is 358 g/mol. The molecular weight excluding hydrogens is 340 g/mol. The van der Waals surface area contributed by atoms with Crippen LogP contribution in [-0.2, 0) is 4.79 Å². The zero-order valence-corrected chi connectivity index (χ0v) is 14.7. The molecule has 5 nitrogen and oxygen atoms in total. The van der Waals surface area contributed by atoms with Crippen molar-refractivity contribution >= 4 is 34.8 Å². The van der Waals surface area contributed by atoms with Crippen LogP contribution >= 0.6 is 11.6 Å². The van der Waals surface area contributed by atoms with Crippen LogP contribution in [0.5, 0.6) is 5.75 Å². The standard InChI is InChI=1S/C19H19ClN2O3/c1-2-3-10-22-16-11-13(8-9-17(16)25-12-18(22)23)21-19(24)14-6-4-5-7-15(14)20/h4-9,11H,2-3,10,12H2,1H3,(H,21,24). The van der Waals surface area contributed by atoms with Crippen molar-refractivity contribution in [1.82, 2.24) is 0 Å². The maximum atomic E-state index is 12.4. The number of ether oxygens (including phenoxy) is 1. The lowest BCUT2D eigenvalue weighted by atomic mass is 10.1. The molecule has 3 rings (SSSR count). The molecule has 0 atom stereocenters. The molecule has 0 saturated carbocycles. The van der Waals surface area contributed by atoms with Gasteiger partial charge in [0.25, 0.3) is 11.8 Å². The Kier molecular flexibility index (Phi) is 5.24. The summed E-state index contributed by atoms with van der Waals surface area (Å²) < 4.78 is 5.48. The summed E-state index contributed by atoms with van der Waals surface area (Å²) in [5.41, 5.74) is 1.67. The van der Waals surface area contributed by atoms with Crippen molar-refractivity contribution in [3.8, 4) is 5.75 Å². The number of fused-ring (bicyclic) bond motifs is 1. The van der Waals surface area contributed by atoms with Gasteiger partial charge in [-0.2, -0.15) is 0 Å². The topological polar surface area (TPSA) is 58.6 Å². The Morgan fingerprint density at radius 2 is 2.08 bits per heavy atom. The third-order valence-electron chi connectivity index (χ3n) is 4.01. The minimum absolute atomic E-state index is 0.0437. The molecule has 1 aliphatic heterocycles. The van der Waals surface area contributed by atoms with Gasteiger partial charge in [-0.25, -0.2) is 0 Å². The van der Waals surface area contributed by atoms with Crippen LogP contribution in [0.15, 0.2) is 42.5 Å². The number of benzene rings is 2. The number of amides is 2. The van der Waals surface area contributed by atoms with Crippen molar-refractivity contribution in [3.05, 3.63) is 53.1 Å². The summed E-state index contributed by atoms with van der Waals surface area (Å²) >= 11 is 6.07. The van der Waals surface area contributed by atoms with Crippen LogP contribution in [0.2, 0.25) is 5.02 Å². The highest BCUT2D eigenvalue weighted by atomic mass is 35.5. The van der Waals surface area contributed by atoms with Crippen LogP contribution in [0, 0.1) is 0 Å². The third-order valence-corrected chi connectivity index (χ3v) is 4.34. The Balaban J connectivity index is 1.85. The number of unbranched alkanes of at least 4 members (excludes halogenated alkanes) is 1. The van der Waals surface area contributed by atoms with Crippen molar-refractivity contribution < 1.29 is 14.3 Å². The Bertz CT molecular complexity index is 807. The van der Waals surface area contributed by atoms with E-state index in [1.54, 1.807) is 47.4 Å². The predicted molar refractivity (Wildman–Crippen MR) is 98.6 cm³/mol. The molecule has 2 aromatic rings. The minimum Gasteiger partial charge on any atom is -0.482 e. The lowest BCUT2D eigenvalue weighted by Gasteiger charge is -2.29. The summed E-state index contributed by atoms with van der Waals surface area (Å²) in [5.74, 6) is 0.274. The van der Waals surface area contributed by atoms with Crippen molar-refractivity contribution in [3.63, 3.8) is 0 Å². The highest BCUT2D eigenvalue weighted by Crippen LogP contribution is 2.35. The fraction of sp³-hybridized carbons (Fsp3) is 0.263. The summed E-state index contributed by atoms with van der Waals surface area (Å²) in [6.45, 7) is 2.75. The van der Waals surface area contributed by atoms with Crippen molar-refractivity contribution in [1.29, 1.82) is 0 Å². The molecule has 6 heteroatoms. The first-order valence-electron chi connectivity index (χ1n) is 8.23. The van der Waals surface area contributed by atoms with Gasteiger partial charge >= 0.3 is 0 Å². The molecule has 0 unspecified atom stereocenters. The van der Waals surface area contributed by atoms with Crippen LogP contribution < -0.4 is 15.0 Å². The number of anilines is 2. The van der Waals surface area contributed by atoms with E-state index in [0.717, 1.165) is 12.8 Å². The van der Waals surface area contributed by atoms with E-state index in [9.17, 15) is 9.59 Å². The van der Waals surface area contributed by atoms with E-state index in [2.05, 4.69) is 12.2 Å². The summed E-state index contributed by atoms with van der Waals surface area (Å²) in [7, 11) is 0. The van der Waals surface area contributed by atoms with Gasteiger partial charge in [-0.05, 0) is 36.8 Å². The second-order valence-electron chi connectivity index (χ2n) is 5.80. The van der Waals surface area contributed by atoms with E-state index in [-0.39, 0.29) is 18.4 Å². The Hall–Kier alpha value is -2.53. The van der Waals surface area contributed by atoms with Gasteiger partial charge in [0.1, 0.15) is 5.75 Å². The Morgan fingerprint density at radius 1 is 1.28 bits per heavy atom. The summed E-state index contributed by atoms with van der Waals surface area (Å²) in [6.07, 6.45) is 1.89. The number of nitrogens with zero attached hydrogens (tertiary/aromatic N) is 1. The lowest BCUT2D eigenvalue weighted by Crippen LogP contribution is -2.39. The molecule has 0 saturated heterocycles. The van der Waals surface area contributed by atoms with Crippen LogP contribution in [-0.4, -0.2) is 25.0 Å². The van der Waals surface area contributed by atoms with E-state index in [4.69, 9.17) is 16.3 Å². The highest BCUT2D eigenvalue weighted by Gasteiger charge is 2.25. The van der Waals surface area contributed by atoms with E-state index in [1.165, 1.54) is 0 Å². The molecule has 1 N–H and O–H groups in total. The van der Waals surface area contributed by atoms with Gasteiger partial charge in [-0.3, -0.25) is 9.59 Å². The Labute approximate surface area is 151 Å². The number of carbonyl (C=O) groups is 2. The van der Waals surface area contributed by atoms with Gasteiger partial charge in [0.15, 0.2) is 6.61 Å². The maximum Gasteiger partial charge on any atom is 0.265 e. The molecule has 0 aliphatic carbocycles. The molecule has 1 aliphatic rings. The fourth-order valence-corrected chi connectivity index (χ4v) is 2.91. The van der Waals surface area contributed by atoms with Gasteiger partial charge < -0.3 is 15.0 Å². The molecule has 25 heavy (non-hydrogen) atoms. The van der Waals surface area contributed by atoms with Crippen molar-refractivity contribution in [2.75, 3.05) is 23.4 Å². The molecule has 0 bridgehead atoms. The van der Waals surface area contributed by atoms with E-state index < -0.39 is 0 Å². The van der Waals surface area contributed by atoms with E-state index >= 15 is 0 Å². The number of hydrogen-bond acceptors (Lipinski definition) is 3. The van der Waals surface area contributed by atoms with Crippen LogP contribution in [0.3, 0.4) is 0 Å². The van der Waals surface area contributed by atoms with Crippen LogP contribution in [0.1, 0.15) is 30.1 Å². The number of rotatable bonds is 5. The zero-order chi connectivity index (χ0) is 17.8. The molecule has 1 heterocycles. The molecule has 130 valence electrons. The average Bonchev–Trinajstić information content (AvgIpc) is 2.61. The predicted octanol–water partition coefficient (Wildman–Crippen LogP) is 4.12. The van der Waals surface area contributed by atoms with Gasteiger partial charge in [-0.15, -0.1) is 0 Å². The molecule has 2 amide bonds. The highest BCUT2D eigenvalue weighted by molar-refractivity contribution is 6.34. The van der Waals surface area contributed by atoms with Gasteiger partial charge in [0.05, 0.1) is 16.3 Å². The van der Waals surface area contributed by atoms with Crippen LogP contribution in [0.25, 0.3) is 0 Å². The summed E-state index contributed by atoms with van der Waals surface area (Å²) in [6, 6.07) is 12.1. The van der Waals surface area contributed by atoms with E-state index in [0.29, 0.717) is 34.3 Å². The zero-order valence-electron chi connectivity index (χ0n) is 13.9. The Morgan fingerprint density at radius 3 is 2.84 bits per heavy atom. The number of halogens is 1. The fourth-order valence-electron chi connectivity index (χ4n) is 2.69. The van der Waals surface area contributed by atoms with Gasteiger partial charge in [0.2, 0.25) is 0 Å². The summed E-state index contributed by atoms with van der Waals surface area (Å²) in [4.78, 5) is 26.3. The van der Waals surface area contributed by atoms with Crippen LogP contribution in [0.4, 0.5) is 11.4 Å². The molecule has 0 radical (unpaired) electrons. The summed E-state index contributed by atoms with van der Waals surface area (Å²) in [5, 5.41) is 3.21. The molecule has 2 aromatic carbocycles. The maximum absolute atomic E-state index is 12.4. The number of carbonyl (C=O) groups excluding carboxylic acids is 2. The molecule has 0 fully saturated rings. The largest absolute Gasteiger partial charge is 0.482 e. The first-order chi connectivity index (χ1) is 12.1. The quantitative estimate of drug-likeness (QED) is 0.874. The number of nitrogens with one attached hydrogen (secondary N) is 1. The first kappa shape index (κ1) is 17.3. The normalized spacial score (nSPS) is 13.2.